The Morgan fingerprint density at radius 1 is 1.10 bits per heavy atom. The Labute approximate surface area is 123 Å². The zero-order valence-corrected chi connectivity index (χ0v) is 13.0. The van der Waals surface area contributed by atoms with Crippen molar-refractivity contribution in [2.75, 3.05) is 7.05 Å². The largest absolute Gasteiger partial charge is 0.310 e. The normalized spacial score (nSPS) is 18.2. The van der Waals surface area contributed by atoms with Crippen molar-refractivity contribution >= 4 is 5.78 Å². The molecule has 0 aromatic heterocycles. The van der Waals surface area contributed by atoms with Crippen LogP contribution < -0.4 is 5.32 Å². The van der Waals surface area contributed by atoms with Gasteiger partial charge >= 0.3 is 0 Å². The van der Waals surface area contributed by atoms with Crippen molar-refractivity contribution in [2.24, 2.45) is 5.92 Å². The lowest BCUT2D eigenvalue weighted by molar-refractivity contribution is 0.0922. The summed E-state index contributed by atoms with van der Waals surface area (Å²) in [6, 6.07) is 8.26. The Bertz CT molecular complexity index is 429. The molecule has 0 spiro atoms. The molecule has 1 aliphatic carbocycles. The molecule has 0 saturated heterocycles. The number of ketones is 1. The highest BCUT2D eigenvalue weighted by Gasteiger charge is 2.22. The average molecular weight is 273 g/mol. The van der Waals surface area contributed by atoms with Crippen molar-refractivity contribution in [2.45, 2.75) is 57.9 Å². The number of likely N-dealkylation sites (N-methyl/N-ethyl adjacent to an activating group) is 1. The topological polar surface area (TPSA) is 29.1 Å². The monoisotopic (exact) mass is 273 g/mol. The van der Waals surface area contributed by atoms with Crippen molar-refractivity contribution < 1.29 is 4.79 Å². The van der Waals surface area contributed by atoms with Crippen LogP contribution >= 0.6 is 0 Å². The van der Waals surface area contributed by atoms with E-state index in [1.54, 1.807) is 0 Å². The van der Waals surface area contributed by atoms with Crippen LogP contribution in [-0.2, 0) is 0 Å². The van der Waals surface area contributed by atoms with Gasteiger partial charge in [-0.3, -0.25) is 4.79 Å². The maximum absolute atomic E-state index is 12.4. The van der Waals surface area contributed by atoms with Crippen LogP contribution in [0.25, 0.3) is 0 Å². The van der Waals surface area contributed by atoms with E-state index in [0.717, 1.165) is 5.56 Å². The third-order valence-corrected chi connectivity index (χ3v) is 4.53. The van der Waals surface area contributed by atoms with E-state index in [1.807, 2.05) is 19.2 Å². The minimum atomic E-state index is -0.0875. The molecular weight excluding hydrogens is 246 g/mol. The maximum atomic E-state index is 12.4. The number of benzene rings is 1. The molecule has 2 nitrogen and oxygen atoms in total. The van der Waals surface area contributed by atoms with E-state index < -0.39 is 0 Å². The number of hydrogen-bond acceptors (Lipinski definition) is 2. The van der Waals surface area contributed by atoms with Gasteiger partial charge < -0.3 is 5.32 Å². The molecule has 1 unspecified atom stereocenters. The van der Waals surface area contributed by atoms with Crippen molar-refractivity contribution in [3.63, 3.8) is 0 Å². The van der Waals surface area contributed by atoms with E-state index in [2.05, 4.69) is 31.3 Å². The Hall–Kier alpha value is -1.15. The summed E-state index contributed by atoms with van der Waals surface area (Å²) < 4.78 is 0. The third kappa shape index (κ3) is 3.49. The predicted octanol–water partition coefficient (Wildman–Crippen LogP) is 4.16. The SMILES string of the molecule is CNC(C(=O)c1ccc(C2CCCCC2)cc1)C(C)C. The van der Waals surface area contributed by atoms with Gasteiger partial charge in [-0.05, 0) is 37.3 Å². The second-order valence-corrected chi connectivity index (χ2v) is 6.33. The van der Waals surface area contributed by atoms with Crippen LogP contribution in [0.15, 0.2) is 24.3 Å². The number of carbonyl (C=O) groups excluding carboxylic acids is 1. The van der Waals surface area contributed by atoms with Crippen molar-refractivity contribution in [1.82, 2.24) is 5.32 Å². The molecule has 2 heteroatoms. The summed E-state index contributed by atoms with van der Waals surface area (Å²) in [5, 5.41) is 3.13. The van der Waals surface area contributed by atoms with E-state index in [9.17, 15) is 4.79 Å². The lowest BCUT2D eigenvalue weighted by Gasteiger charge is -2.22. The van der Waals surface area contributed by atoms with Crippen LogP contribution in [0, 0.1) is 5.92 Å². The summed E-state index contributed by atoms with van der Waals surface area (Å²) in [4.78, 5) is 12.4. The van der Waals surface area contributed by atoms with Gasteiger partial charge in [-0.15, -0.1) is 0 Å². The summed E-state index contributed by atoms with van der Waals surface area (Å²) in [5.74, 6) is 1.22. The van der Waals surface area contributed by atoms with Crippen LogP contribution in [0.1, 0.15) is 67.8 Å². The Kier molecular flexibility index (Phi) is 5.36. The second kappa shape index (κ2) is 7.03. The zero-order chi connectivity index (χ0) is 14.5. The van der Waals surface area contributed by atoms with Gasteiger partial charge in [0.25, 0.3) is 0 Å². The lowest BCUT2D eigenvalue weighted by Crippen LogP contribution is -2.38. The smallest absolute Gasteiger partial charge is 0.179 e. The van der Waals surface area contributed by atoms with Gasteiger partial charge in [0, 0.05) is 5.56 Å². The van der Waals surface area contributed by atoms with Crippen LogP contribution in [0.5, 0.6) is 0 Å². The van der Waals surface area contributed by atoms with Gasteiger partial charge in [0.2, 0.25) is 0 Å². The molecule has 0 aliphatic heterocycles. The molecule has 20 heavy (non-hydrogen) atoms. The van der Waals surface area contributed by atoms with Gasteiger partial charge in [0.1, 0.15) is 0 Å². The molecule has 1 atom stereocenters. The molecule has 1 aliphatic rings. The first-order valence-electron chi connectivity index (χ1n) is 7.95. The Morgan fingerprint density at radius 2 is 1.70 bits per heavy atom. The highest BCUT2D eigenvalue weighted by atomic mass is 16.1. The molecule has 110 valence electrons. The quantitative estimate of drug-likeness (QED) is 0.816. The molecule has 0 bridgehead atoms. The first-order valence-corrected chi connectivity index (χ1v) is 7.95. The second-order valence-electron chi connectivity index (χ2n) is 6.33. The first-order chi connectivity index (χ1) is 9.63. The van der Waals surface area contributed by atoms with E-state index in [1.165, 1.54) is 37.7 Å². The molecular formula is C18H27NO. The number of nitrogens with one attached hydrogen (secondary N) is 1. The van der Waals surface area contributed by atoms with E-state index in [4.69, 9.17) is 0 Å². The fourth-order valence-electron chi connectivity index (χ4n) is 3.30. The average Bonchev–Trinajstić information content (AvgIpc) is 2.48. The van der Waals surface area contributed by atoms with Gasteiger partial charge in [-0.25, -0.2) is 0 Å². The third-order valence-electron chi connectivity index (χ3n) is 4.53. The van der Waals surface area contributed by atoms with Crippen LogP contribution in [0.2, 0.25) is 0 Å². The summed E-state index contributed by atoms with van der Waals surface area (Å²) >= 11 is 0. The van der Waals surface area contributed by atoms with E-state index in [-0.39, 0.29) is 11.8 Å². The van der Waals surface area contributed by atoms with Crippen LogP contribution in [0.3, 0.4) is 0 Å². The fourth-order valence-corrected chi connectivity index (χ4v) is 3.30. The van der Waals surface area contributed by atoms with Gasteiger partial charge in [0.05, 0.1) is 6.04 Å². The standard InChI is InChI=1S/C18H27NO/c1-13(2)17(19-3)18(20)16-11-9-15(10-12-16)14-7-5-4-6-8-14/h9-14,17,19H,4-8H2,1-3H3. The molecule has 2 rings (SSSR count). The van der Waals surface area contributed by atoms with E-state index in [0.29, 0.717) is 11.8 Å². The molecule has 1 aromatic carbocycles. The number of rotatable bonds is 5. The highest BCUT2D eigenvalue weighted by Crippen LogP contribution is 2.32. The van der Waals surface area contributed by atoms with E-state index >= 15 is 0 Å². The summed E-state index contributed by atoms with van der Waals surface area (Å²) in [5.41, 5.74) is 2.24. The Morgan fingerprint density at radius 3 is 2.20 bits per heavy atom. The first kappa shape index (κ1) is 15.2. The minimum absolute atomic E-state index is 0.0875. The molecule has 0 heterocycles. The van der Waals surface area contributed by atoms with Crippen LogP contribution in [-0.4, -0.2) is 18.9 Å². The Balaban J connectivity index is 2.09. The zero-order valence-electron chi connectivity index (χ0n) is 13.0. The van der Waals surface area contributed by atoms with Crippen molar-refractivity contribution in [1.29, 1.82) is 0 Å². The number of Topliss-reactive ketones (excluding diaryl/α,β-unsaturated/α-hetero) is 1. The number of hydrogen-bond donors (Lipinski definition) is 1. The van der Waals surface area contributed by atoms with Crippen molar-refractivity contribution in [3.05, 3.63) is 35.4 Å². The maximum Gasteiger partial charge on any atom is 0.179 e. The lowest BCUT2D eigenvalue weighted by atomic mass is 9.83. The van der Waals surface area contributed by atoms with Gasteiger partial charge in [-0.2, -0.15) is 0 Å². The minimum Gasteiger partial charge on any atom is -0.310 e. The molecule has 0 amide bonds. The molecule has 1 fully saturated rings. The number of carbonyl (C=O) groups is 1. The highest BCUT2D eigenvalue weighted by molar-refractivity contribution is 6.00. The summed E-state index contributed by atoms with van der Waals surface area (Å²) in [6.45, 7) is 4.16. The molecule has 0 radical (unpaired) electrons. The van der Waals surface area contributed by atoms with Gasteiger partial charge in [0.15, 0.2) is 5.78 Å². The molecule has 1 saturated carbocycles. The summed E-state index contributed by atoms with van der Waals surface area (Å²) in [7, 11) is 1.86. The predicted molar refractivity (Wildman–Crippen MR) is 84.3 cm³/mol. The van der Waals surface area contributed by atoms with Crippen molar-refractivity contribution in [3.8, 4) is 0 Å². The molecule has 1 aromatic rings. The molecule has 1 N–H and O–H groups in total. The van der Waals surface area contributed by atoms with Crippen LogP contribution in [0.4, 0.5) is 0 Å². The summed E-state index contributed by atoms with van der Waals surface area (Å²) in [6.07, 6.45) is 6.68. The fraction of sp³-hybridized carbons (Fsp3) is 0.611. The van der Waals surface area contributed by atoms with Gasteiger partial charge in [-0.1, -0.05) is 57.4 Å².